The molecule has 6 heteroatoms. The van der Waals surface area contributed by atoms with E-state index in [1.807, 2.05) is 42.5 Å². The van der Waals surface area contributed by atoms with E-state index in [2.05, 4.69) is 10.3 Å². The zero-order chi connectivity index (χ0) is 18.5. The molecule has 3 aromatic carbocycles. The number of imidazole rings is 1. The molecule has 2 aromatic heterocycles. The summed E-state index contributed by atoms with van der Waals surface area (Å²) in [4.78, 5) is 30.4. The molecule has 0 aliphatic rings. The first kappa shape index (κ1) is 15.7. The number of fused-ring (bicyclic) bond motifs is 4. The maximum absolute atomic E-state index is 13.2. The topological polar surface area (TPSA) is 89.5 Å². The van der Waals surface area contributed by atoms with Crippen LogP contribution in [-0.4, -0.2) is 28.4 Å². The SMILES string of the molecule is NCCNC(=O)c1ccc2c(=O)n3c4ccccc4nc3c3cccc1c23. The summed E-state index contributed by atoms with van der Waals surface area (Å²) >= 11 is 0. The molecule has 0 radical (unpaired) electrons. The fourth-order valence-electron chi connectivity index (χ4n) is 3.78. The maximum atomic E-state index is 13.2. The van der Waals surface area contributed by atoms with Crippen LogP contribution in [0.15, 0.2) is 59.4 Å². The third kappa shape index (κ3) is 2.14. The van der Waals surface area contributed by atoms with Crippen LogP contribution in [0.5, 0.6) is 0 Å². The number of nitrogens with zero attached hydrogens (tertiary/aromatic N) is 2. The number of aromatic nitrogens is 2. The molecule has 27 heavy (non-hydrogen) atoms. The zero-order valence-corrected chi connectivity index (χ0v) is 14.4. The number of carbonyl (C=O) groups is 1. The standard InChI is InChI=1S/C21H16N4O2/c22-10-11-23-20(26)13-8-9-15-18-12(13)4-3-5-14(18)19-24-16-6-1-2-7-17(16)25(19)21(15)27/h1-9H,10-11,22H2,(H,23,26). The van der Waals surface area contributed by atoms with Crippen molar-refractivity contribution in [2.45, 2.75) is 0 Å². The number of nitrogens with two attached hydrogens (primary N) is 1. The summed E-state index contributed by atoms with van der Waals surface area (Å²) in [5.74, 6) is -0.198. The van der Waals surface area contributed by atoms with Crippen molar-refractivity contribution in [1.82, 2.24) is 14.7 Å². The number of rotatable bonds is 3. The van der Waals surface area contributed by atoms with Crippen molar-refractivity contribution in [2.75, 3.05) is 13.1 Å². The van der Waals surface area contributed by atoms with Gasteiger partial charge >= 0.3 is 0 Å². The Morgan fingerprint density at radius 2 is 1.81 bits per heavy atom. The molecule has 0 atom stereocenters. The monoisotopic (exact) mass is 356 g/mol. The number of hydrogen-bond acceptors (Lipinski definition) is 4. The van der Waals surface area contributed by atoms with Gasteiger partial charge in [-0.1, -0.05) is 30.3 Å². The van der Waals surface area contributed by atoms with Crippen LogP contribution in [0, 0.1) is 0 Å². The highest BCUT2D eigenvalue weighted by atomic mass is 16.1. The van der Waals surface area contributed by atoms with Gasteiger partial charge in [-0.15, -0.1) is 0 Å². The van der Waals surface area contributed by atoms with Crippen LogP contribution in [0.3, 0.4) is 0 Å². The average molecular weight is 356 g/mol. The largest absolute Gasteiger partial charge is 0.351 e. The number of para-hydroxylation sites is 2. The van der Waals surface area contributed by atoms with Gasteiger partial charge < -0.3 is 11.1 Å². The van der Waals surface area contributed by atoms with Crippen molar-refractivity contribution in [3.8, 4) is 0 Å². The van der Waals surface area contributed by atoms with Gasteiger partial charge in [0.2, 0.25) is 0 Å². The Balaban J connectivity index is 1.94. The predicted molar refractivity (Wildman–Crippen MR) is 107 cm³/mol. The molecule has 3 N–H and O–H groups in total. The van der Waals surface area contributed by atoms with Crippen LogP contribution >= 0.6 is 0 Å². The minimum Gasteiger partial charge on any atom is -0.351 e. The van der Waals surface area contributed by atoms with Crippen molar-refractivity contribution in [2.24, 2.45) is 5.73 Å². The molecule has 0 aliphatic carbocycles. The molecule has 2 heterocycles. The first-order valence-electron chi connectivity index (χ1n) is 8.77. The van der Waals surface area contributed by atoms with Gasteiger partial charge in [0.25, 0.3) is 11.5 Å². The quantitative estimate of drug-likeness (QED) is 0.519. The Morgan fingerprint density at radius 1 is 1.00 bits per heavy atom. The van der Waals surface area contributed by atoms with Gasteiger partial charge in [-0.2, -0.15) is 0 Å². The summed E-state index contributed by atoms with van der Waals surface area (Å²) in [6.45, 7) is 0.770. The number of hydrogen-bond donors (Lipinski definition) is 2. The van der Waals surface area contributed by atoms with Crippen LogP contribution in [0.25, 0.3) is 38.2 Å². The molecular formula is C21H16N4O2. The van der Waals surface area contributed by atoms with Crippen LogP contribution in [0.1, 0.15) is 10.4 Å². The number of carbonyl (C=O) groups excluding carboxylic acids is 1. The van der Waals surface area contributed by atoms with Crippen LogP contribution in [-0.2, 0) is 0 Å². The van der Waals surface area contributed by atoms with Gasteiger partial charge in [0.1, 0.15) is 5.65 Å². The fourth-order valence-corrected chi connectivity index (χ4v) is 3.78. The molecule has 6 nitrogen and oxygen atoms in total. The van der Waals surface area contributed by atoms with E-state index in [4.69, 9.17) is 5.73 Å². The Hall–Kier alpha value is -3.51. The zero-order valence-electron chi connectivity index (χ0n) is 14.4. The molecule has 0 aliphatic heterocycles. The summed E-state index contributed by atoms with van der Waals surface area (Å²) in [7, 11) is 0. The molecular weight excluding hydrogens is 340 g/mol. The second-order valence-corrected chi connectivity index (χ2v) is 6.50. The molecule has 0 spiro atoms. The van der Waals surface area contributed by atoms with Crippen LogP contribution < -0.4 is 16.6 Å². The minimum absolute atomic E-state index is 0.128. The van der Waals surface area contributed by atoms with Crippen molar-refractivity contribution >= 4 is 44.1 Å². The lowest BCUT2D eigenvalue weighted by molar-refractivity contribution is 0.0956. The van der Waals surface area contributed by atoms with E-state index < -0.39 is 0 Å². The third-order valence-electron chi connectivity index (χ3n) is 4.95. The predicted octanol–water partition coefficient (Wildman–Crippen LogP) is 2.28. The van der Waals surface area contributed by atoms with E-state index in [0.29, 0.717) is 29.7 Å². The highest BCUT2D eigenvalue weighted by Crippen LogP contribution is 2.31. The Labute approximate surface area is 153 Å². The van der Waals surface area contributed by atoms with E-state index in [-0.39, 0.29) is 11.5 Å². The minimum atomic E-state index is -0.198. The van der Waals surface area contributed by atoms with E-state index >= 15 is 0 Å². The maximum Gasteiger partial charge on any atom is 0.264 e. The number of nitrogens with one attached hydrogen (secondary N) is 1. The third-order valence-corrected chi connectivity index (χ3v) is 4.95. The average Bonchev–Trinajstić information content (AvgIpc) is 3.09. The van der Waals surface area contributed by atoms with E-state index in [1.54, 1.807) is 16.5 Å². The summed E-state index contributed by atoms with van der Waals surface area (Å²) in [5.41, 5.74) is 8.05. The van der Waals surface area contributed by atoms with E-state index in [0.717, 1.165) is 27.2 Å². The molecule has 0 fully saturated rings. The molecule has 5 aromatic rings. The molecule has 0 bridgehead atoms. The Kier molecular flexibility index (Phi) is 3.35. The van der Waals surface area contributed by atoms with Crippen molar-refractivity contribution in [3.05, 3.63) is 70.5 Å². The molecule has 132 valence electrons. The van der Waals surface area contributed by atoms with E-state index in [1.165, 1.54) is 0 Å². The van der Waals surface area contributed by atoms with Gasteiger partial charge in [-0.3, -0.25) is 14.0 Å². The van der Waals surface area contributed by atoms with Crippen LogP contribution in [0.4, 0.5) is 0 Å². The lowest BCUT2D eigenvalue weighted by Crippen LogP contribution is -2.29. The second-order valence-electron chi connectivity index (χ2n) is 6.50. The Bertz CT molecular complexity index is 1400. The fraction of sp³-hybridized carbons (Fsp3) is 0.0952. The Morgan fingerprint density at radius 3 is 2.67 bits per heavy atom. The second kappa shape index (κ2) is 5.75. The van der Waals surface area contributed by atoms with Gasteiger partial charge in [-0.05, 0) is 29.7 Å². The number of benzene rings is 3. The summed E-state index contributed by atoms with van der Waals surface area (Å²) in [6.07, 6.45) is 0. The molecule has 5 rings (SSSR count). The van der Waals surface area contributed by atoms with Crippen LogP contribution in [0.2, 0.25) is 0 Å². The summed E-state index contributed by atoms with van der Waals surface area (Å²) in [5, 5.41) is 5.74. The normalized spacial score (nSPS) is 11.7. The number of pyridine rings is 1. The summed E-state index contributed by atoms with van der Waals surface area (Å²) in [6, 6.07) is 16.7. The van der Waals surface area contributed by atoms with Gasteiger partial charge in [0.05, 0.1) is 11.0 Å². The highest BCUT2D eigenvalue weighted by Gasteiger charge is 2.19. The lowest BCUT2D eigenvalue weighted by atomic mass is 9.97. The molecule has 0 saturated carbocycles. The van der Waals surface area contributed by atoms with Crippen molar-refractivity contribution < 1.29 is 4.79 Å². The first-order chi connectivity index (χ1) is 13.2. The number of amides is 1. The van der Waals surface area contributed by atoms with E-state index in [9.17, 15) is 9.59 Å². The van der Waals surface area contributed by atoms with Gasteiger partial charge in [0, 0.05) is 34.8 Å². The smallest absolute Gasteiger partial charge is 0.264 e. The molecule has 1 amide bonds. The van der Waals surface area contributed by atoms with Crippen molar-refractivity contribution in [3.63, 3.8) is 0 Å². The molecule has 0 unspecified atom stereocenters. The summed E-state index contributed by atoms with van der Waals surface area (Å²) < 4.78 is 1.65. The lowest BCUT2D eigenvalue weighted by Gasteiger charge is -2.11. The molecule has 0 saturated heterocycles. The van der Waals surface area contributed by atoms with Crippen molar-refractivity contribution in [1.29, 1.82) is 0 Å². The van der Waals surface area contributed by atoms with Gasteiger partial charge in [-0.25, -0.2) is 4.98 Å². The first-order valence-corrected chi connectivity index (χ1v) is 8.77. The van der Waals surface area contributed by atoms with Gasteiger partial charge in [0.15, 0.2) is 0 Å². The highest BCUT2D eigenvalue weighted by molar-refractivity contribution is 6.20.